The number of nitrogens with zero attached hydrogens (tertiary/aromatic N) is 7. The Kier molecular flexibility index (Phi) is 5.07. The topological polar surface area (TPSA) is 117 Å². The summed E-state index contributed by atoms with van der Waals surface area (Å²) in [6, 6.07) is 7.53. The summed E-state index contributed by atoms with van der Waals surface area (Å²) in [4.78, 5) is 37.1. The van der Waals surface area contributed by atoms with E-state index >= 15 is 0 Å². The van der Waals surface area contributed by atoms with Gasteiger partial charge in [-0.2, -0.15) is 0 Å². The fourth-order valence-corrected chi connectivity index (χ4v) is 4.09. The second-order valence-electron chi connectivity index (χ2n) is 8.86. The number of hydrogen-bond acceptors (Lipinski definition) is 6. The summed E-state index contributed by atoms with van der Waals surface area (Å²) in [5, 5.41) is 17.6. The average Bonchev–Trinajstić information content (AvgIpc) is 3.42. The van der Waals surface area contributed by atoms with Crippen LogP contribution in [0.4, 0.5) is 10.6 Å². The lowest BCUT2D eigenvalue weighted by molar-refractivity contribution is 0.0995. The van der Waals surface area contributed by atoms with E-state index < -0.39 is 6.09 Å². The van der Waals surface area contributed by atoms with Crippen LogP contribution >= 0.6 is 0 Å². The zero-order valence-corrected chi connectivity index (χ0v) is 18.8. The standard InChI is InChI=1S/C23H25N7O3/c1-13(2)30-12-24-27-21(30)17-5-4-6-20(26-17)29-10-16-15(22(29)31)9-18(14-7-8-14)25-19(16)11-28(3)23(32)33/h4-6,9,12-14H,7-8,10-11H2,1-3H3,(H,32,33). The molecule has 10 heteroatoms. The molecule has 0 aromatic carbocycles. The first-order chi connectivity index (χ1) is 15.8. The molecule has 0 unspecified atom stereocenters. The van der Waals surface area contributed by atoms with Crippen molar-refractivity contribution in [3.05, 3.63) is 53.1 Å². The lowest BCUT2D eigenvalue weighted by Gasteiger charge is -2.17. The molecule has 0 saturated heterocycles. The van der Waals surface area contributed by atoms with Crippen LogP contribution in [0.3, 0.4) is 0 Å². The van der Waals surface area contributed by atoms with E-state index in [0.717, 1.165) is 24.1 Å². The SMILES string of the molecule is CC(C)n1cnnc1-c1cccc(N2Cc3c(cc(C4CC4)nc3CN(C)C(=O)O)C2=O)n1. The monoisotopic (exact) mass is 447 g/mol. The third-order valence-electron chi connectivity index (χ3n) is 6.10. The number of rotatable bonds is 6. The number of hydrogen-bond donors (Lipinski definition) is 1. The molecule has 33 heavy (non-hydrogen) atoms. The van der Waals surface area contributed by atoms with Crippen molar-refractivity contribution in [3.8, 4) is 11.5 Å². The maximum atomic E-state index is 13.4. The van der Waals surface area contributed by atoms with E-state index in [2.05, 4.69) is 10.2 Å². The highest BCUT2D eigenvalue weighted by atomic mass is 16.4. The second-order valence-corrected chi connectivity index (χ2v) is 8.86. The van der Waals surface area contributed by atoms with Crippen LogP contribution in [0.25, 0.3) is 11.5 Å². The van der Waals surface area contributed by atoms with Gasteiger partial charge in [0, 0.05) is 35.8 Å². The molecule has 2 aliphatic rings. The molecule has 1 aliphatic heterocycles. The first-order valence-electron chi connectivity index (χ1n) is 11.0. The summed E-state index contributed by atoms with van der Waals surface area (Å²) in [5.74, 6) is 1.34. The van der Waals surface area contributed by atoms with E-state index in [1.807, 2.05) is 36.6 Å². The number of amides is 2. The highest BCUT2D eigenvalue weighted by Gasteiger charge is 2.36. The number of carbonyl (C=O) groups excluding carboxylic acids is 1. The molecule has 0 radical (unpaired) electrons. The lowest BCUT2D eigenvalue weighted by Crippen LogP contribution is -2.26. The third kappa shape index (κ3) is 3.81. The molecule has 3 aromatic rings. The summed E-state index contributed by atoms with van der Waals surface area (Å²) in [6.45, 7) is 4.50. The van der Waals surface area contributed by atoms with Gasteiger partial charge in [0.1, 0.15) is 17.8 Å². The fraction of sp³-hybridized carbons (Fsp3) is 0.391. The maximum Gasteiger partial charge on any atom is 0.407 e. The number of aromatic nitrogens is 5. The van der Waals surface area contributed by atoms with Gasteiger partial charge in [-0.1, -0.05) is 6.07 Å². The lowest BCUT2D eigenvalue weighted by atomic mass is 10.1. The molecule has 4 heterocycles. The molecule has 1 fully saturated rings. The quantitative estimate of drug-likeness (QED) is 0.615. The molecule has 0 bridgehead atoms. The van der Waals surface area contributed by atoms with Gasteiger partial charge in [-0.3, -0.25) is 14.7 Å². The fourth-order valence-electron chi connectivity index (χ4n) is 4.09. The molecule has 5 rings (SSSR count). The van der Waals surface area contributed by atoms with Crippen molar-refractivity contribution in [1.82, 2.24) is 29.6 Å². The van der Waals surface area contributed by atoms with E-state index in [0.29, 0.717) is 41.1 Å². The third-order valence-corrected chi connectivity index (χ3v) is 6.10. The highest BCUT2D eigenvalue weighted by Crippen LogP contribution is 2.41. The van der Waals surface area contributed by atoms with E-state index in [-0.39, 0.29) is 18.5 Å². The predicted molar refractivity (Wildman–Crippen MR) is 120 cm³/mol. The Hall–Kier alpha value is -3.82. The van der Waals surface area contributed by atoms with Crippen LogP contribution in [0, 0.1) is 0 Å². The Bertz CT molecular complexity index is 1250. The Balaban J connectivity index is 1.51. The zero-order chi connectivity index (χ0) is 23.3. The molecule has 3 aromatic heterocycles. The summed E-state index contributed by atoms with van der Waals surface area (Å²) in [6.07, 6.45) is 2.71. The zero-order valence-electron chi connectivity index (χ0n) is 18.8. The Morgan fingerprint density at radius 3 is 2.76 bits per heavy atom. The van der Waals surface area contributed by atoms with E-state index in [9.17, 15) is 14.7 Å². The van der Waals surface area contributed by atoms with Crippen molar-refractivity contribution in [1.29, 1.82) is 0 Å². The Morgan fingerprint density at radius 2 is 2.06 bits per heavy atom. The van der Waals surface area contributed by atoms with Gasteiger partial charge < -0.3 is 14.6 Å². The summed E-state index contributed by atoms with van der Waals surface area (Å²) < 4.78 is 1.93. The smallest absolute Gasteiger partial charge is 0.407 e. The van der Waals surface area contributed by atoms with E-state index in [1.165, 1.54) is 11.9 Å². The van der Waals surface area contributed by atoms with Crippen LogP contribution in [-0.2, 0) is 13.1 Å². The average molecular weight is 447 g/mol. The van der Waals surface area contributed by atoms with Crippen LogP contribution in [0.2, 0.25) is 0 Å². The number of pyridine rings is 2. The maximum absolute atomic E-state index is 13.4. The number of carboxylic acid groups (broad SMARTS) is 1. The van der Waals surface area contributed by atoms with E-state index in [1.54, 1.807) is 17.3 Å². The van der Waals surface area contributed by atoms with Crippen LogP contribution < -0.4 is 4.90 Å². The normalized spacial score (nSPS) is 15.3. The first kappa shape index (κ1) is 21.0. The van der Waals surface area contributed by atoms with Crippen LogP contribution in [0.15, 0.2) is 30.6 Å². The largest absolute Gasteiger partial charge is 0.465 e. The molecular weight excluding hydrogens is 422 g/mol. The van der Waals surface area contributed by atoms with Gasteiger partial charge in [-0.25, -0.2) is 9.78 Å². The minimum atomic E-state index is -1.04. The Labute approximate surface area is 190 Å². The minimum Gasteiger partial charge on any atom is -0.465 e. The number of carbonyl (C=O) groups is 2. The first-order valence-corrected chi connectivity index (χ1v) is 11.0. The van der Waals surface area contributed by atoms with Crippen molar-refractivity contribution in [2.45, 2.75) is 51.7 Å². The molecule has 1 N–H and O–H groups in total. The van der Waals surface area contributed by atoms with Gasteiger partial charge in [0.25, 0.3) is 5.91 Å². The molecular formula is C23H25N7O3. The number of fused-ring (bicyclic) bond motifs is 1. The van der Waals surface area contributed by atoms with Crippen molar-refractivity contribution >= 4 is 17.8 Å². The van der Waals surface area contributed by atoms with Crippen molar-refractivity contribution in [3.63, 3.8) is 0 Å². The van der Waals surface area contributed by atoms with Gasteiger partial charge in [0.05, 0.1) is 18.8 Å². The highest BCUT2D eigenvalue weighted by molar-refractivity contribution is 6.09. The van der Waals surface area contributed by atoms with Crippen LogP contribution in [0.1, 0.15) is 66.0 Å². The molecule has 0 spiro atoms. The molecule has 1 aliphatic carbocycles. The van der Waals surface area contributed by atoms with Gasteiger partial charge in [0.15, 0.2) is 5.82 Å². The Morgan fingerprint density at radius 1 is 1.27 bits per heavy atom. The minimum absolute atomic E-state index is 0.129. The van der Waals surface area contributed by atoms with Crippen molar-refractivity contribution in [2.75, 3.05) is 11.9 Å². The summed E-state index contributed by atoms with van der Waals surface area (Å²) >= 11 is 0. The van der Waals surface area contributed by atoms with Crippen LogP contribution in [-0.4, -0.2) is 53.8 Å². The molecule has 10 nitrogen and oxygen atoms in total. The van der Waals surface area contributed by atoms with Crippen LogP contribution in [0.5, 0.6) is 0 Å². The van der Waals surface area contributed by atoms with Crippen molar-refractivity contribution in [2.24, 2.45) is 0 Å². The van der Waals surface area contributed by atoms with Crippen molar-refractivity contribution < 1.29 is 14.7 Å². The second kappa shape index (κ2) is 7.95. The number of anilines is 1. The van der Waals surface area contributed by atoms with Gasteiger partial charge in [-0.05, 0) is 44.9 Å². The molecule has 2 amide bonds. The van der Waals surface area contributed by atoms with Gasteiger partial charge in [0.2, 0.25) is 0 Å². The summed E-state index contributed by atoms with van der Waals surface area (Å²) in [7, 11) is 1.50. The molecule has 0 atom stereocenters. The van der Waals surface area contributed by atoms with E-state index in [4.69, 9.17) is 9.97 Å². The van der Waals surface area contributed by atoms with Gasteiger partial charge >= 0.3 is 6.09 Å². The molecule has 170 valence electrons. The molecule has 1 saturated carbocycles. The summed E-state index contributed by atoms with van der Waals surface area (Å²) in [5.41, 5.74) is 3.47. The predicted octanol–water partition coefficient (Wildman–Crippen LogP) is 3.46. The van der Waals surface area contributed by atoms with Gasteiger partial charge in [-0.15, -0.1) is 10.2 Å².